The van der Waals surface area contributed by atoms with E-state index < -0.39 is 5.54 Å². The highest BCUT2D eigenvalue weighted by molar-refractivity contribution is 7.99. The summed E-state index contributed by atoms with van der Waals surface area (Å²) in [5.74, 6) is 0.633. The molecule has 1 saturated heterocycles. The van der Waals surface area contributed by atoms with Crippen LogP contribution in [0.5, 0.6) is 0 Å². The summed E-state index contributed by atoms with van der Waals surface area (Å²) < 4.78 is 15.5. The second-order valence-electron chi connectivity index (χ2n) is 6.58. The van der Waals surface area contributed by atoms with Gasteiger partial charge in [-0.15, -0.1) is 11.8 Å². The van der Waals surface area contributed by atoms with Crippen molar-refractivity contribution >= 4 is 17.7 Å². The molecule has 2 aliphatic heterocycles. The standard InChI is InChI=1S/C18H21FN4OS/c19-13-2-3-16-14(12-13)15(4-11-25-16)22-17(24)18(5-8-20-9-6-18)23-10-1-7-21-23/h1-3,7,10,12,15,20H,4-6,8-9,11H2,(H,22,24). The number of thioether (sulfide) groups is 1. The molecule has 5 nitrogen and oxygen atoms in total. The van der Waals surface area contributed by atoms with Gasteiger partial charge < -0.3 is 10.6 Å². The van der Waals surface area contributed by atoms with Crippen molar-refractivity contribution in [2.75, 3.05) is 18.8 Å². The first-order chi connectivity index (χ1) is 12.2. The third kappa shape index (κ3) is 3.06. The maximum atomic E-state index is 13.7. The lowest BCUT2D eigenvalue weighted by Gasteiger charge is -2.38. The predicted molar refractivity (Wildman–Crippen MR) is 94.9 cm³/mol. The van der Waals surface area contributed by atoms with Gasteiger partial charge in [0.05, 0.1) is 6.04 Å². The highest BCUT2D eigenvalue weighted by Crippen LogP contribution is 2.37. The van der Waals surface area contributed by atoms with Gasteiger partial charge in [-0.1, -0.05) is 0 Å². The molecule has 2 aromatic rings. The van der Waals surface area contributed by atoms with Gasteiger partial charge >= 0.3 is 0 Å². The van der Waals surface area contributed by atoms with E-state index in [4.69, 9.17) is 0 Å². The molecule has 25 heavy (non-hydrogen) atoms. The maximum absolute atomic E-state index is 13.7. The van der Waals surface area contributed by atoms with Crippen LogP contribution in [0, 0.1) is 5.82 Å². The summed E-state index contributed by atoms with van der Waals surface area (Å²) in [7, 11) is 0. The normalized spacial score (nSPS) is 22.2. The lowest BCUT2D eigenvalue weighted by molar-refractivity contribution is -0.132. The van der Waals surface area contributed by atoms with Crippen molar-refractivity contribution in [3.8, 4) is 0 Å². The van der Waals surface area contributed by atoms with E-state index in [1.807, 2.05) is 12.3 Å². The highest BCUT2D eigenvalue weighted by atomic mass is 32.2. The predicted octanol–water partition coefficient (Wildman–Crippen LogP) is 2.45. The number of hydrogen-bond donors (Lipinski definition) is 2. The number of fused-ring (bicyclic) bond motifs is 1. The Kier molecular flexibility index (Phi) is 4.52. The van der Waals surface area contributed by atoms with Gasteiger partial charge in [0, 0.05) is 23.0 Å². The van der Waals surface area contributed by atoms with Crippen LogP contribution >= 0.6 is 11.8 Å². The summed E-state index contributed by atoms with van der Waals surface area (Å²) >= 11 is 1.72. The molecule has 7 heteroatoms. The Labute approximate surface area is 150 Å². The van der Waals surface area contributed by atoms with Gasteiger partial charge in [0.25, 0.3) is 0 Å². The van der Waals surface area contributed by atoms with Crippen LogP contribution in [0.25, 0.3) is 0 Å². The van der Waals surface area contributed by atoms with Crippen molar-refractivity contribution in [1.82, 2.24) is 20.4 Å². The van der Waals surface area contributed by atoms with Gasteiger partial charge in [-0.3, -0.25) is 9.48 Å². The van der Waals surface area contributed by atoms with E-state index in [2.05, 4.69) is 15.7 Å². The van der Waals surface area contributed by atoms with E-state index in [9.17, 15) is 9.18 Å². The molecule has 1 aromatic carbocycles. The molecule has 0 radical (unpaired) electrons. The first-order valence-electron chi connectivity index (χ1n) is 8.63. The molecule has 2 N–H and O–H groups in total. The molecule has 1 atom stereocenters. The molecule has 1 unspecified atom stereocenters. The number of carbonyl (C=O) groups excluding carboxylic acids is 1. The van der Waals surface area contributed by atoms with Crippen molar-refractivity contribution in [3.05, 3.63) is 48.0 Å². The molecule has 4 rings (SSSR count). The Balaban J connectivity index is 1.62. The number of amides is 1. The monoisotopic (exact) mass is 360 g/mol. The Hall–Kier alpha value is -1.86. The Bertz CT molecular complexity index is 758. The van der Waals surface area contributed by atoms with Crippen LogP contribution in [-0.2, 0) is 10.3 Å². The summed E-state index contributed by atoms with van der Waals surface area (Å²) in [6.07, 6.45) is 5.75. The topological polar surface area (TPSA) is 59.0 Å². The van der Waals surface area contributed by atoms with Crippen LogP contribution in [0.4, 0.5) is 4.39 Å². The van der Waals surface area contributed by atoms with Crippen LogP contribution in [0.1, 0.15) is 30.9 Å². The zero-order valence-electron chi connectivity index (χ0n) is 13.9. The number of piperidine rings is 1. The average molecular weight is 360 g/mol. The van der Waals surface area contributed by atoms with Gasteiger partial charge in [0.15, 0.2) is 0 Å². The van der Waals surface area contributed by atoms with Crippen LogP contribution in [0.15, 0.2) is 41.6 Å². The summed E-state index contributed by atoms with van der Waals surface area (Å²) in [6.45, 7) is 1.55. The summed E-state index contributed by atoms with van der Waals surface area (Å²) in [5, 5.41) is 10.9. The third-order valence-electron chi connectivity index (χ3n) is 5.11. The average Bonchev–Trinajstić information content (AvgIpc) is 3.18. The van der Waals surface area contributed by atoms with Crippen LogP contribution in [0.3, 0.4) is 0 Å². The second-order valence-corrected chi connectivity index (χ2v) is 7.71. The van der Waals surface area contributed by atoms with E-state index in [0.717, 1.165) is 35.7 Å². The molecule has 0 bridgehead atoms. The van der Waals surface area contributed by atoms with Gasteiger partial charge in [0.1, 0.15) is 11.4 Å². The molecule has 2 aliphatic rings. The first kappa shape index (κ1) is 16.6. The van der Waals surface area contributed by atoms with E-state index in [1.165, 1.54) is 6.07 Å². The van der Waals surface area contributed by atoms with E-state index in [-0.39, 0.29) is 17.8 Å². The van der Waals surface area contributed by atoms with Crippen molar-refractivity contribution in [1.29, 1.82) is 0 Å². The first-order valence-corrected chi connectivity index (χ1v) is 9.62. The molecule has 0 saturated carbocycles. The minimum absolute atomic E-state index is 0.0233. The van der Waals surface area contributed by atoms with Crippen molar-refractivity contribution in [2.45, 2.75) is 35.7 Å². The fourth-order valence-electron chi connectivity index (χ4n) is 3.73. The second kappa shape index (κ2) is 6.80. The highest BCUT2D eigenvalue weighted by Gasteiger charge is 2.43. The molecular formula is C18H21FN4OS. The lowest BCUT2D eigenvalue weighted by Crippen LogP contribution is -2.55. The minimum Gasteiger partial charge on any atom is -0.347 e. The SMILES string of the molecule is O=C(NC1CCSc2ccc(F)cc21)C1(n2cccn2)CCNCC1. The minimum atomic E-state index is -0.674. The third-order valence-corrected chi connectivity index (χ3v) is 6.24. The molecule has 1 aromatic heterocycles. The Morgan fingerprint density at radius 3 is 3.00 bits per heavy atom. The number of nitrogens with one attached hydrogen (secondary N) is 2. The fraction of sp³-hybridized carbons (Fsp3) is 0.444. The van der Waals surface area contributed by atoms with Crippen LogP contribution in [0.2, 0.25) is 0 Å². The number of rotatable bonds is 3. The van der Waals surface area contributed by atoms with Gasteiger partial charge in [-0.2, -0.15) is 5.10 Å². The number of aromatic nitrogens is 2. The number of hydrogen-bond acceptors (Lipinski definition) is 4. The van der Waals surface area contributed by atoms with E-state index >= 15 is 0 Å². The molecular weight excluding hydrogens is 339 g/mol. The largest absolute Gasteiger partial charge is 0.347 e. The maximum Gasteiger partial charge on any atom is 0.248 e. The number of benzene rings is 1. The number of carbonyl (C=O) groups is 1. The molecule has 3 heterocycles. The molecule has 132 valence electrons. The quantitative estimate of drug-likeness (QED) is 0.883. The molecule has 0 spiro atoms. The molecule has 1 amide bonds. The fourth-order valence-corrected chi connectivity index (χ4v) is 4.84. The van der Waals surface area contributed by atoms with Crippen molar-refractivity contribution < 1.29 is 9.18 Å². The Morgan fingerprint density at radius 2 is 2.24 bits per heavy atom. The van der Waals surface area contributed by atoms with Crippen LogP contribution in [-0.4, -0.2) is 34.5 Å². The zero-order valence-corrected chi connectivity index (χ0v) is 14.7. The Morgan fingerprint density at radius 1 is 1.40 bits per heavy atom. The summed E-state index contributed by atoms with van der Waals surface area (Å²) in [4.78, 5) is 14.3. The van der Waals surface area contributed by atoms with Gasteiger partial charge in [0.2, 0.25) is 5.91 Å². The smallest absolute Gasteiger partial charge is 0.248 e. The zero-order chi connectivity index (χ0) is 17.3. The number of nitrogens with zero attached hydrogens (tertiary/aromatic N) is 2. The van der Waals surface area contributed by atoms with Gasteiger partial charge in [-0.05, 0) is 62.2 Å². The van der Waals surface area contributed by atoms with Crippen LogP contribution < -0.4 is 10.6 Å². The summed E-state index contributed by atoms with van der Waals surface area (Å²) in [6, 6.07) is 6.53. The van der Waals surface area contributed by atoms with E-state index in [0.29, 0.717) is 12.8 Å². The summed E-state index contributed by atoms with van der Waals surface area (Å²) in [5.41, 5.74) is 0.210. The van der Waals surface area contributed by atoms with E-state index in [1.54, 1.807) is 34.8 Å². The molecule has 0 aliphatic carbocycles. The lowest BCUT2D eigenvalue weighted by atomic mass is 9.86. The van der Waals surface area contributed by atoms with Crippen molar-refractivity contribution in [2.24, 2.45) is 0 Å². The van der Waals surface area contributed by atoms with Gasteiger partial charge in [-0.25, -0.2) is 4.39 Å². The van der Waals surface area contributed by atoms with Crippen molar-refractivity contribution in [3.63, 3.8) is 0 Å². The number of halogens is 1. The molecule has 1 fully saturated rings.